The van der Waals surface area contributed by atoms with E-state index in [0.717, 1.165) is 24.3 Å². The van der Waals surface area contributed by atoms with Crippen molar-refractivity contribution in [1.29, 1.82) is 0 Å². The molecule has 0 heterocycles. The van der Waals surface area contributed by atoms with Crippen LogP contribution in [0.25, 0.3) is 0 Å². The van der Waals surface area contributed by atoms with Crippen LogP contribution >= 0.6 is 19.4 Å². The summed E-state index contributed by atoms with van der Waals surface area (Å²) in [4.78, 5) is -4.71. The van der Waals surface area contributed by atoms with E-state index in [9.17, 15) is 60.7 Å². The van der Waals surface area contributed by atoms with Crippen LogP contribution < -0.4 is 9.44 Å². The number of halogens is 12. The van der Waals surface area contributed by atoms with Gasteiger partial charge in [-0.2, -0.15) is 0 Å². The Morgan fingerprint density at radius 1 is 0.418 bits per heavy atom. The number of hydrogen-bond acceptors (Lipinski definition) is 4. The minimum atomic E-state index is -5.84. The molecular weight excluding hydrogens is 1070 g/mol. The summed E-state index contributed by atoms with van der Waals surface area (Å²) in [6.45, 7) is 13.1. The van der Waals surface area contributed by atoms with E-state index in [2.05, 4.69) is 92.9 Å². The summed E-state index contributed by atoms with van der Waals surface area (Å²) >= 11 is -0.346. The summed E-state index contributed by atoms with van der Waals surface area (Å²) in [5, 5.41) is 0. The molecule has 12 radical (unpaired) electrons. The molecule has 2 aliphatic rings. The van der Waals surface area contributed by atoms with E-state index in [4.69, 9.17) is 19.4 Å². The van der Waals surface area contributed by atoms with Crippen LogP contribution in [0.3, 0.4) is 0 Å². The molecule has 6 nitrogen and oxygen atoms in total. The molecule has 0 unspecified atom stereocenters. The molecule has 2 fully saturated rings. The van der Waals surface area contributed by atoms with Crippen LogP contribution in [0.2, 0.25) is 0 Å². The van der Waals surface area contributed by atoms with Gasteiger partial charge >= 0.3 is 34.5 Å². The molecule has 4 aromatic rings. The molecule has 2 N–H and O–H groups in total. The quantitative estimate of drug-likeness (QED) is 0.0677. The second-order valence-electron chi connectivity index (χ2n) is 15.0. The zero-order valence-corrected chi connectivity index (χ0v) is 40.9. The number of benzene rings is 4. The van der Waals surface area contributed by atoms with Crippen molar-refractivity contribution >= 4 is 39.4 Å². The van der Waals surface area contributed by atoms with Crippen LogP contribution in [0.1, 0.15) is 64.8 Å². The molecule has 0 aliphatic heterocycles. The molecule has 67 heavy (non-hydrogen) atoms. The molecule has 2 atom stereocenters. The number of sulfonamides is 2. The van der Waals surface area contributed by atoms with Gasteiger partial charge < -0.3 is 0 Å². The van der Waals surface area contributed by atoms with Gasteiger partial charge in [0.1, 0.15) is 0 Å². The number of rotatable bonds is 11. The Kier molecular flexibility index (Phi) is 23.1. The van der Waals surface area contributed by atoms with E-state index in [1.165, 1.54) is 60.1 Å². The van der Waals surface area contributed by atoms with Gasteiger partial charge in [-0.3, -0.25) is 0 Å². The van der Waals surface area contributed by atoms with E-state index < -0.39 is 100 Å². The van der Waals surface area contributed by atoms with Gasteiger partial charge in [-0.25, -0.2) is 70.2 Å². The van der Waals surface area contributed by atoms with Gasteiger partial charge in [0, 0.05) is 0 Å². The van der Waals surface area contributed by atoms with Gasteiger partial charge in [-0.15, -0.1) is 0 Å². The minimum absolute atomic E-state index is 0.270. The first kappa shape index (κ1) is 58.5. The van der Waals surface area contributed by atoms with Crippen molar-refractivity contribution in [3.05, 3.63) is 205 Å². The topological polar surface area (TPSA) is 92.3 Å². The van der Waals surface area contributed by atoms with E-state index in [0.29, 0.717) is 11.8 Å². The van der Waals surface area contributed by atoms with Crippen molar-refractivity contribution in [1.82, 2.24) is 9.44 Å². The fourth-order valence-electron chi connectivity index (χ4n) is 5.97. The van der Waals surface area contributed by atoms with E-state index >= 15 is 0 Å². The normalized spacial score (nSPS) is 16.4. The van der Waals surface area contributed by atoms with Gasteiger partial charge in [-0.1, -0.05) is 102 Å². The van der Waals surface area contributed by atoms with Crippen molar-refractivity contribution < 1.29 is 75.9 Å². The summed E-state index contributed by atoms with van der Waals surface area (Å²) in [6.07, 6.45) is 17.4. The fourth-order valence-corrected chi connectivity index (χ4v) is 8.72. The van der Waals surface area contributed by atoms with Crippen LogP contribution in [0.15, 0.2) is 70.5 Å². The Morgan fingerprint density at radius 3 is 0.866 bits per heavy atom. The molecule has 0 amide bonds. The van der Waals surface area contributed by atoms with Gasteiger partial charge in [0.15, 0.2) is 56.3 Å². The van der Waals surface area contributed by atoms with Gasteiger partial charge in [0.25, 0.3) is 0 Å². The maximum absolute atomic E-state index is 14.5. The molecule has 0 bridgehead atoms. The molecule has 4 aromatic carbocycles. The number of nitrogens with one attached hydrogen (secondary N) is 2. The van der Waals surface area contributed by atoms with E-state index in [-0.39, 0.29) is 26.3 Å². The van der Waals surface area contributed by atoms with Crippen molar-refractivity contribution in [3.8, 4) is 0 Å². The first-order chi connectivity index (χ1) is 31.3. The molecule has 2 aliphatic carbocycles. The SMILES string of the molecule is C[C]1[CH][CH][C](C(C)C)[CH][CH]1.C[C]1[CH][CH][C](C(C)C)[CH][CH]1.O=S(=O)(N[C@H](c1ccccc1)[C@H](NS(=O)(=O)c1c(F)c(F)c(F)c(F)c1F)c1ccccc1)c1c(F)c(F)c(F)c(F)c1F.[Cl][Ru][Cl]. The second-order valence-corrected chi connectivity index (χ2v) is 20.9. The third kappa shape index (κ3) is 15.6. The first-order valence-electron chi connectivity index (χ1n) is 19.5. The van der Waals surface area contributed by atoms with Crippen LogP contribution in [-0.4, -0.2) is 16.8 Å². The third-order valence-electron chi connectivity index (χ3n) is 9.58. The van der Waals surface area contributed by atoms with Gasteiger partial charge in [0.05, 0.1) is 12.1 Å². The maximum atomic E-state index is 14.5. The van der Waals surface area contributed by atoms with E-state index in [1.54, 1.807) is 9.44 Å². The Hall–Kier alpha value is -2.80. The van der Waals surface area contributed by atoms with Crippen molar-refractivity contribution in [2.24, 2.45) is 11.8 Å². The molecule has 21 heteroatoms. The van der Waals surface area contributed by atoms with Gasteiger partial charge in [0.2, 0.25) is 31.7 Å². The van der Waals surface area contributed by atoms with Crippen molar-refractivity contribution in [2.75, 3.05) is 0 Å². The molecule has 2 saturated carbocycles. The molecule has 6 rings (SSSR count). The van der Waals surface area contributed by atoms with E-state index in [1.807, 2.05) is 0 Å². The third-order valence-corrected chi connectivity index (χ3v) is 12.5. The average molecular weight is 1110 g/mol. The fraction of sp³-hybridized carbons (Fsp3) is 0.217. The predicted octanol–water partition coefficient (Wildman–Crippen LogP) is 12.5. The first-order valence-corrected chi connectivity index (χ1v) is 26.9. The Bertz CT molecular complexity index is 2220. The second kappa shape index (κ2) is 26.4. The Labute approximate surface area is 402 Å². The zero-order chi connectivity index (χ0) is 50.6. The standard InChI is InChI=1S/C26H14F10N2O4S2.2C10H14.2ClH.Ru/c27-13-15(29)19(33)25(20(34)16(13)30)43(39,40)37-23(11-7-3-1-4-8-11)24(12-9-5-2-6-10-12)38-44(41,42)26-21(35)17(31)14(28)18(32)22(26)36;2*1-8(2)10-6-4-9(3)5-7-10;;;/h1-10,23-24,37-38H;2*4-8H,1-3H3;2*1H;/q;;;;;+2/p-2/t23-,24-;;;;;/m1...../s1. The van der Waals surface area contributed by atoms with Crippen LogP contribution in [0.5, 0.6) is 0 Å². The molecule has 0 saturated heterocycles. The summed E-state index contributed by atoms with van der Waals surface area (Å²) < 4.78 is 197. The molecular formula is C46H42Cl2F10N2O4RuS2. The zero-order valence-electron chi connectivity index (χ0n) is 36.0. The molecule has 0 spiro atoms. The van der Waals surface area contributed by atoms with Gasteiger partial charge in [-0.05, 0) is 98.0 Å². The van der Waals surface area contributed by atoms with Crippen molar-refractivity contribution in [3.63, 3.8) is 0 Å². The summed E-state index contributed by atoms with van der Waals surface area (Å²) in [6, 6.07) is 7.86. The summed E-state index contributed by atoms with van der Waals surface area (Å²) in [7, 11) is -1.97. The number of hydrogen-bond donors (Lipinski definition) is 2. The average Bonchev–Trinajstić information content (AvgIpc) is 3.29. The van der Waals surface area contributed by atoms with Crippen molar-refractivity contribution in [2.45, 2.75) is 63.4 Å². The summed E-state index contributed by atoms with van der Waals surface area (Å²) in [5.41, 5.74) is -0.539. The monoisotopic (exact) mass is 1110 g/mol. The Morgan fingerprint density at radius 2 is 0.642 bits per heavy atom. The Balaban J connectivity index is 0.000000418. The predicted molar refractivity (Wildman–Crippen MR) is 232 cm³/mol. The van der Waals surface area contributed by atoms with Crippen LogP contribution in [0, 0.1) is 145 Å². The molecule has 0 aromatic heterocycles. The molecule has 364 valence electrons. The van der Waals surface area contributed by atoms with Crippen LogP contribution in [-0.2, 0) is 35.2 Å². The van der Waals surface area contributed by atoms with Crippen LogP contribution in [0.4, 0.5) is 43.9 Å². The summed E-state index contributed by atoms with van der Waals surface area (Å²) in [5.74, 6) is -20.2.